The minimum absolute atomic E-state index is 0. The summed E-state index contributed by atoms with van der Waals surface area (Å²) in [5, 5.41) is 2.72. The second-order valence-corrected chi connectivity index (χ2v) is 7.80. The Morgan fingerprint density at radius 2 is 2.15 bits per heavy atom. The standard InChI is InChI=1S/C16H24FN3O4S.ClH/c1-24-15-6-5-13(10-14(15)17)25(22,23)20-9-3-2-4-12(20)11-19-16(21)7-8-18;/h5-6,10,12H,2-4,7-9,11,18H2,1H3,(H,19,21);1H. The van der Waals surface area contributed by atoms with Crippen molar-refractivity contribution >= 4 is 28.3 Å². The van der Waals surface area contributed by atoms with Crippen LogP contribution in [0.4, 0.5) is 4.39 Å². The number of piperidine rings is 1. The molecule has 1 saturated heterocycles. The Morgan fingerprint density at radius 3 is 2.77 bits per heavy atom. The van der Waals surface area contributed by atoms with Crippen LogP contribution in [0.3, 0.4) is 0 Å². The first-order valence-electron chi connectivity index (χ1n) is 8.22. The summed E-state index contributed by atoms with van der Waals surface area (Å²) in [7, 11) is -2.54. The maximum atomic E-state index is 13.9. The third-order valence-electron chi connectivity index (χ3n) is 4.21. The maximum absolute atomic E-state index is 13.9. The highest BCUT2D eigenvalue weighted by molar-refractivity contribution is 7.89. The Morgan fingerprint density at radius 1 is 1.42 bits per heavy atom. The van der Waals surface area contributed by atoms with Gasteiger partial charge < -0.3 is 15.8 Å². The van der Waals surface area contributed by atoms with E-state index in [9.17, 15) is 17.6 Å². The van der Waals surface area contributed by atoms with Gasteiger partial charge in [-0.3, -0.25) is 4.79 Å². The first-order valence-corrected chi connectivity index (χ1v) is 9.66. The number of hydrogen-bond donors (Lipinski definition) is 2. The Bertz CT molecular complexity index is 717. The highest BCUT2D eigenvalue weighted by Gasteiger charge is 2.34. The van der Waals surface area contributed by atoms with Crippen LogP contribution in [-0.4, -0.2) is 51.4 Å². The average molecular weight is 410 g/mol. The molecule has 1 aliphatic rings. The van der Waals surface area contributed by atoms with Crippen LogP contribution in [0.5, 0.6) is 5.75 Å². The lowest BCUT2D eigenvalue weighted by Gasteiger charge is -2.34. The van der Waals surface area contributed by atoms with E-state index in [4.69, 9.17) is 10.5 Å². The van der Waals surface area contributed by atoms with Crippen molar-refractivity contribution in [3.8, 4) is 5.75 Å². The van der Waals surface area contributed by atoms with E-state index in [1.54, 1.807) is 0 Å². The maximum Gasteiger partial charge on any atom is 0.243 e. The van der Waals surface area contributed by atoms with E-state index >= 15 is 0 Å². The van der Waals surface area contributed by atoms with E-state index in [1.807, 2.05) is 0 Å². The van der Waals surface area contributed by atoms with E-state index in [-0.39, 0.29) is 54.5 Å². The highest BCUT2D eigenvalue weighted by atomic mass is 35.5. The van der Waals surface area contributed by atoms with Gasteiger partial charge in [0.25, 0.3) is 0 Å². The van der Waals surface area contributed by atoms with E-state index in [0.717, 1.165) is 18.9 Å². The van der Waals surface area contributed by atoms with Crippen molar-refractivity contribution in [2.45, 2.75) is 36.6 Å². The molecular weight excluding hydrogens is 385 g/mol. The quantitative estimate of drug-likeness (QED) is 0.706. The number of ether oxygens (including phenoxy) is 1. The molecule has 1 amide bonds. The molecule has 1 aliphatic heterocycles. The lowest BCUT2D eigenvalue weighted by atomic mass is 10.1. The van der Waals surface area contributed by atoms with Crippen molar-refractivity contribution < 1.29 is 22.3 Å². The predicted molar refractivity (Wildman–Crippen MR) is 98.4 cm³/mol. The number of halogens is 2. The number of methoxy groups -OCH3 is 1. The summed E-state index contributed by atoms with van der Waals surface area (Å²) in [5.41, 5.74) is 5.34. The Labute approximate surface area is 159 Å². The van der Waals surface area contributed by atoms with Gasteiger partial charge in [0, 0.05) is 32.1 Å². The molecule has 10 heteroatoms. The van der Waals surface area contributed by atoms with Gasteiger partial charge in [-0.15, -0.1) is 12.4 Å². The second kappa shape index (κ2) is 10.1. The van der Waals surface area contributed by atoms with Crippen LogP contribution in [0, 0.1) is 5.82 Å². The van der Waals surface area contributed by atoms with Gasteiger partial charge in [0.05, 0.1) is 12.0 Å². The normalized spacial score (nSPS) is 18.0. The number of carbonyl (C=O) groups is 1. The summed E-state index contributed by atoms with van der Waals surface area (Å²) in [4.78, 5) is 11.5. The summed E-state index contributed by atoms with van der Waals surface area (Å²) in [6, 6.07) is 3.23. The van der Waals surface area contributed by atoms with Crippen molar-refractivity contribution in [3.05, 3.63) is 24.0 Å². The second-order valence-electron chi connectivity index (χ2n) is 5.90. The molecule has 0 saturated carbocycles. The fourth-order valence-electron chi connectivity index (χ4n) is 2.89. The summed E-state index contributed by atoms with van der Waals surface area (Å²) >= 11 is 0. The van der Waals surface area contributed by atoms with Gasteiger partial charge in [0.2, 0.25) is 15.9 Å². The molecule has 1 atom stereocenters. The molecule has 1 aromatic carbocycles. The van der Waals surface area contributed by atoms with Crippen LogP contribution >= 0.6 is 12.4 Å². The zero-order valence-corrected chi connectivity index (χ0v) is 16.2. The zero-order chi connectivity index (χ0) is 18.4. The van der Waals surface area contributed by atoms with Gasteiger partial charge in [-0.1, -0.05) is 6.42 Å². The third-order valence-corrected chi connectivity index (χ3v) is 6.16. The third kappa shape index (κ3) is 5.29. The van der Waals surface area contributed by atoms with Crippen molar-refractivity contribution in [1.29, 1.82) is 0 Å². The van der Waals surface area contributed by atoms with Gasteiger partial charge >= 0.3 is 0 Å². The van der Waals surface area contributed by atoms with Crippen LogP contribution in [0.2, 0.25) is 0 Å². The van der Waals surface area contributed by atoms with Gasteiger partial charge in [-0.2, -0.15) is 4.31 Å². The molecule has 0 bridgehead atoms. The monoisotopic (exact) mass is 409 g/mol. The summed E-state index contributed by atoms with van der Waals surface area (Å²) in [6.07, 6.45) is 2.44. The van der Waals surface area contributed by atoms with Gasteiger partial charge in [0.1, 0.15) is 0 Å². The molecule has 1 fully saturated rings. The molecule has 1 aromatic rings. The summed E-state index contributed by atoms with van der Waals surface area (Å²) in [5.74, 6) is -0.947. The molecule has 1 unspecified atom stereocenters. The molecule has 1 heterocycles. The number of rotatable bonds is 7. The first-order chi connectivity index (χ1) is 11.9. The number of sulfonamides is 1. The van der Waals surface area contributed by atoms with Gasteiger partial charge in [0.15, 0.2) is 11.6 Å². The van der Waals surface area contributed by atoms with Crippen LogP contribution < -0.4 is 15.8 Å². The fourth-order valence-corrected chi connectivity index (χ4v) is 4.59. The molecule has 0 spiro atoms. The van der Waals surface area contributed by atoms with Crippen molar-refractivity contribution in [1.82, 2.24) is 9.62 Å². The molecular formula is C16H25ClFN3O4S. The first kappa shape index (κ1) is 22.6. The SMILES string of the molecule is COc1ccc(S(=O)(=O)N2CCCCC2CNC(=O)CCN)cc1F.Cl. The highest BCUT2D eigenvalue weighted by Crippen LogP contribution is 2.27. The molecule has 7 nitrogen and oxygen atoms in total. The molecule has 2 rings (SSSR count). The fraction of sp³-hybridized carbons (Fsp3) is 0.562. The van der Waals surface area contributed by atoms with Crippen molar-refractivity contribution in [3.63, 3.8) is 0 Å². The van der Waals surface area contributed by atoms with Crippen molar-refractivity contribution in [2.75, 3.05) is 26.7 Å². The Hall–Kier alpha value is -1.42. The average Bonchev–Trinajstić information content (AvgIpc) is 2.60. The zero-order valence-electron chi connectivity index (χ0n) is 14.6. The minimum Gasteiger partial charge on any atom is -0.494 e. The Kier molecular flexibility index (Phi) is 8.75. The number of carbonyl (C=O) groups excluding carboxylic acids is 1. The lowest BCUT2D eigenvalue weighted by Crippen LogP contribution is -2.49. The van der Waals surface area contributed by atoms with Crippen LogP contribution in [-0.2, 0) is 14.8 Å². The molecule has 148 valence electrons. The number of nitrogens with zero attached hydrogens (tertiary/aromatic N) is 1. The van der Waals surface area contributed by atoms with E-state index in [1.165, 1.54) is 23.5 Å². The number of nitrogens with one attached hydrogen (secondary N) is 1. The van der Waals surface area contributed by atoms with Gasteiger partial charge in [-0.05, 0) is 31.0 Å². The predicted octanol–water partition coefficient (Wildman–Crippen LogP) is 1.26. The molecule has 26 heavy (non-hydrogen) atoms. The minimum atomic E-state index is -3.86. The number of nitrogens with two attached hydrogens (primary N) is 1. The smallest absolute Gasteiger partial charge is 0.243 e. The van der Waals surface area contributed by atoms with Crippen LogP contribution in [0.15, 0.2) is 23.1 Å². The topological polar surface area (TPSA) is 102 Å². The molecule has 0 aliphatic carbocycles. The van der Waals surface area contributed by atoms with Crippen LogP contribution in [0.25, 0.3) is 0 Å². The van der Waals surface area contributed by atoms with E-state index in [0.29, 0.717) is 13.0 Å². The Balaban J connectivity index is 0.00000338. The summed E-state index contributed by atoms with van der Waals surface area (Å²) < 4.78 is 45.9. The van der Waals surface area contributed by atoms with E-state index in [2.05, 4.69) is 5.32 Å². The lowest BCUT2D eigenvalue weighted by molar-refractivity contribution is -0.121. The van der Waals surface area contributed by atoms with E-state index < -0.39 is 15.8 Å². The number of benzene rings is 1. The number of hydrogen-bond acceptors (Lipinski definition) is 5. The molecule has 3 N–H and O–H groups in total. The van der Waals surface area contributed by atoms with Crippen LogP contribution in [0.1, 0.15) is 25.7 Å². The largest absolute Gasteiger partial charge is 0.494 e. The molecule has 0 aromatic heterocycles. The molecule has 0 radical (unpaired) electrons. The van der Waals surface area contributed by atoms with Gasteiger partial charge in [-0.25, -0.2) is 12.8 Å². The number of amides is 1. The summed E-state index contributed by atoms with van der Waals surface area (Å²) in [6.45, 7) is 0.799. The van der Waals surface area contributed by atoms with Crippen molar-refractivity contribution in [2.24, 2.45) is 5.73 Å².